The first-order chi connectivity index (χ1) is 8.66. The molecule has 0 aromatic heterocycles. The number of carbonyl (C=O) groups is 1. The molecule has 18 heavy (non-hydrogen) atoms. The fraction of sp³-hybridized carbons (Fsp3) is 0.929. The van der Waals surface area contributed by atoms with Crippen molar-refractivity contribution < 1.29 is 9.53 Å². The fourth-order valence-electron chi connectivity index (χ4n) is 2.83. The summed E-state index contributed by atoms with van der Waals surface area (Å²) in [6.45, 7) is 8.08. The first kappa shape index (κ1) is 13.8. The summed E-state index contributed by atoms with van der Waals surface area (Å²) in [4.78, 5) is 14.3. The molecule has 1 saturated heterocycles. The van der Waals surface area contributed by atoms with Crippen LogP contribution in [0.2, 0.25) is 0 Å². The number of ether oxygens (including phenoxy) is 1. The Balaban J connectivity index is 1.76. The van der Waals surface area contributed by atoms with Gasteiger partial charge in [-0.1, -0.05) is 6.92 Å². The van der Waals surface area contributed by atoms with Crippen LogP contribution in [0.4, 0.5) is 0 Å². The highest BCUT2D eigenvalue weighted by Gasteiger charge is 2.27. The highest BCUT2D eigenvalue weighted by atomic mass is 16.5. The monoisotopic (exact) mass is 254 g/mol. The summed E-state index contributed by atoms with van der Waals surface area (Å²) >= 11 is 0. The van der Waals surface area contributed by atoms with Crippen molar-refractivity contribution in [3.63, 3.8) is 0 Å². The molecule has 1 saturated carbocycles. The van der Waals surface area contributed by atoms with Gasteiger partial charge in [-0.2, -0.15) is 0 Å². The molecule has 4 heteroatoms. The third-order valence-corrected chi connectivity index (χ3v) is 4.29. The Kier molecular flexibility index (Phi) is 5.01. The van der Waals surface area contributed by atoms with Crippen molar-refractivity contribution in [3.8, 4) is 0 Å². The van der Waals surface area contributed by atoms with Crippen LogP contribution in [0.15, 0.2) is 0 Å². The van der Waals surface area contributed by atoms with Gasteiger partial charge in [0.15, 0.2) is 0 Å². The third-order valence-electron chi connectivity index (χ3n) is 4.29. The van der Waals surface area contributed by atoms with Gasteiger partial charge in [-0.05, 0) is 38.5 Å². The lowest BCUT2D eigenvalue weighted by atomic mass is 9.89. The van der Waals surface area contributed by atoms with Crippen molar-refractivity contribution in [1.82, 2.24) is 10.2 Å². The van der Waals surface area contributed by atoms with Crippen LogP contribution in [0.25, 0.3) is 0 Å². The summed E-state index contributed by atoms with van der Waals surface area (Å²) in [6, 6.07) is -0.0913. The summed E-state index contributed by atoms with van der Waals surface area (Å²) in [5.41, 5.74) is 0. The highest BCUT2D eigenvalue weighted by Crippen LogP contribution is 2.26. The molecule has 4 nitrogen and oxygen atoms in total. The van der Waals surface area contributed by atoms with Crippen LogP contribution in [0.3, 0.4) is 0 Å². The van der Waals surface area contributed by atoms with E-state index in [9.17, 15) is 4.79 Å². The molecule has 1 atom stereocenters. The molecule has 1 unspecified atom stereocenters. The van der Waals surface area contributed by atoms with Crippen molar-refractivity contribution in [1.29, 1.82) is 0 Å². The highest BCUT2D eigenvalue weighted by molar-refractivity contribution is 5.75. The number of piperazine rings is 1. The van der Waals surface area contributed by atoms with Gasteiger partial charge in [0, 0.05) is 26.2 Å². The SMILES string of the molecule is CC1CCC(OC(=O)C(C)N2CCNCC2)CC1. The Morgan fingerprint density at radius 2 is 1.83 bits per heavy atom. The molecule has 0 aromatic rings. The molecule has 0 spiro atoms. The number of esters is 1. The molecule has 0 bridgehead atoms. The molecule has 2 fully saturated rings. The smallest absolute Gasteiger partial charge is 0.323 e. The maximum absolute atomic E-state index is 12.1. The van der Waals surface area contributed by atoms with Crippen LogP contribution in [0.5, 0.6) is 0 Å². The third kappa shape index (κ3) is 3.69. The molecule has 2 rings (SSSR count). The molecule has 2 aliphatic rings. The van der Waals surface area contributed by atoms with Gasteiger partial charge in [-0.15, -0.1) is 0 Å². The average Bonchev–Trinajstić information content (AvgIpc) is 2.41. The van der Waals surface area contributed by atoms with E-state index in [1.807, 2.05) is 6.92 Å². The van der Waals surface area contributed by atoms with E-state index in [4.69, 9.17) is 4.74 Å². The van der Waals surface area contributed by atoms with E-state index in [-0.39, 0.29) is 18.1 Å². The summed E-state index contributed by atoms with van der Waals surface area (Å²) < 4.78 is 5.65. The topological polar surface area (TPSA) is 41.6 Å². The van der Waals surface area contributed by atoms with Crippen LogP contribution >= 0.6 is 0 Å². The number of rotatable bonds is 3. The lowest BCUT2D eigenvalue weighted by molar-refractivity contribution is -0.157. The number of nitrogens with one attached hydrogen (secondary N) is 1. The predicted octanol–water partition coefficient (Wildman–Crippen LogP) is 1.40. The van der Waals surface area contributed by atoms with E-state index in [2.05, 4.69) is 17.1 Å². The van der Waals surface area contributed by atoms with Gasteiger partial charge in [-0.25, -0.2) is 0 Å². The minimum Gasteiger partial charge on any atom is -0.461 e. The van der Waals surface area contributed by atoms with E-state index >= 15 is 0 Å². The van der Waals surface area contributed by atoms with E-state index in [0.29, 0.717) is 0 Å². The summed E-state index contributed by atoms with van der Waals surface area (Å²) in [6.07, 6.45) is 4.64. The van der Waals surface area contributed by atoms with Gasteiger partial charge in [-0.3, -0.25) is 9.69 Å². The van der Waals surface area contributed by atoms with Gasteiger partial charge in [0.2, 0.25) is 0 Å². The predicted molar refractivity (Wildman–Crippen MR) is 71.4 cm³/mol. The van der Waals surface area contributed by atoms with Crippen molar-refractivity contribution in [2.45, 2.75) is 51.7 Å². The Bertz CT molecular complexity index is 269. The number of nitrogens with zero attached hydrogens (tertiary/aromatic N) is 1. The number of carbonyl (C=O) groups excluding carboxylic acids is 1. The van der Waals surface area contributed by atoms with Crippen molar-refractivity contribution in [2.24, 2.45) is 5.92 Å². The molecule has 0 radical (unpaired) electrons. The van der Waals surface area contributed by atoms with Gasteiger partial charge in [0.05, 0.1) is 0 Å². The second-order valence-electron chi connectivity index (χ2n) is 5.78. The lowest BCUT2D eigenvalue weighted by Gasteiger charge is -2.33. The first-order valence-corrected chi connectivity index (χ1v) is 7.32. The van der Waals surface area contributed by atoms with Crippen molar-refractivity contribution in [2.75, 3.05) is 26.2 Å². The standard InChI is InChI=1S/C14H26N2O2/c1-11-3-5-13(6-4-11)18-14(17)12(2)16-9-7-15-8-10-16/h11-13,15H,3-10H2,1-2H3. The maximum Gasteiger partial charge on any atom is 0.323 e. The Hall–Kier alpha value is -0.610. The van der Waals surface area contributed by atoms with Crippen LogP contribution in [0, 0.1) is 5.92 Å². The Morgan fingerprint density at radius 3 is 2.44 bits per heavy atom. The van der Waals surface area contributed by atoms with E-state index in [1.54, 1.807) is 0 Å². The molecule has 104 valence electrons. The van der Waals surface area contributed by atoms with Crippen LogP contribution < -0.4 is 5.32 Å². The molecule has 1 aliphatic heterocycles. The largest absolute Gasteiger partial charge is 0.461 e. The summed E-state index contributed by atoms with van der Waals surface area (Å²) in [5.74, 6) is 0.766. The first-order valence-electron chi connectivity index (χ1n) is 7.32. The van der Waals surface area contributed by atoms with E-state index < -0.39 is 0 Å². The minimum absolute atomic E-state index is 0.0311. The van der Waals surface area contributed by atoms with Crippen LogP contribution in [-0.4, -0.2) is 49.2 Å². The van der Waals surface area contributed by atoms with Crippen LogP contribution in [-0.2, 0) is 9.53 Å². The van der Waals surface area contributed by atoms with Gasteiger partial charge >= 0.3 is 5.97 Å². The quantitative estimate of drug-likeness (QED) is 0.773. The summed E-state index contributed by atoms with van der Waals surface area (Å²) in [5, 5.41) is 3.30. The van der Waals surface area contributed by atoms with Gasteiger partial charge in [0.25, 0.3) is 0 Å². The van der Waals surface area contributed by atoms with Gasteiger partial charge in [0.1, 0.15) is 12.1 Å². The fourth-order valence-corrected chi connectivity index (χ4v) is 2.83. The summed E-state index contributed by atoms with van der Waals surface area (Å²) in [7, 11) is 0. The number of hydrogen-bond acceptors (Lipinski definition) is 4. The molecule has 1 heterocycles. The maximum atomic E-state index is 12.1. The number of hydrogen-bond donors (Lipinski definition) is 1. The molecule has 0 amide bonds. The van der Waals surface area contributed by atoms with E-state index in [0.717, 1.165) is 44.9 Å². The van der Waals surface area contributed by atoms with Crippen molar-refractivity contribution in [3.05, 3.63) is 0 Å². The van der Waals surface area contributed by atoms with E-state index in [1.165, 1.54) is 12.8 Å². The molecule has 0 aromatic carbocycles. The van der Waals surface area contributed by atoms with Crippen molar-refractivity contribution >= 4 is 5.97 Å². The zero-order valence-electron chi connectivity index (χ0n) is 11.7. The normalized spacial score (nSPS) is 31.9. The second-order valence-corrected chi connectivity index (χ2v) is 5.78. The minimum atomic E-state index is -0.0913. The second kappa shape index (κ2) is 6.53. The zero-order valence-corrected chi connectivity index (χ0v) is 11.7. The Morgan fingerprint density at radius 1 is 1.22 bits per heavy atom. The van der Waals surface area contributed by atoms with Gasteiger partial charge < -0.3 is 10.1 Å². The van der Waals surface area contributed by atoms with Crippen LogP contribution in [0.1, 0.15) is 39.5 Å². The lowest BCUT2D eigenvalue weighted by Crippen LogP contribution is -2.50. The zero-order chi connectivity index (χ0) is 13.0. The molecule has 1 N–H and O–H groups in total. The Labute approximate surface area is 110 Å². The average molecular weight is 254 g/mol. The molecular formula is C14H26N2O2. The molecular weight excluding hydrogens is 228 g/mol. The molecule has 1 aliphatic carbocycles.